The van der Waals surface area contributed by atoms with Crippen LogP contribution < -0.4 is 5.32 Å². The summed E-state index contributed by atoms with van der Waals surface area (Å²) in [5.41, 5.74) is 4.09. The molecule has 26 heavy (non-hydrogen) atoms. The van der Waals surface area contributed by atoms with Crippen LogP contribution in [0.2, 0.25) is 10.0 Å². The third-order valence-electron chi connectivity index (χ3n) is 3.91. The average Bonchev–Trinajstić information content (AvgIpc) is 3.14. The molecule has 0 saturated carbocycles. The molecule has 0 aliphatic rings. The zero-order valence-corrected chi connectivity index (χ0v) is 16.0. The number of carbonyl (C=O) groups excluding carboxylic acids is 1. The minimum atomic E-state index is -0.248. The average molecular weight is 402 g/mol. The van der Waals surface area contributed by atoms with Gasteiger partial charge in [0.15, 0.2) is 4.96 Å². The maximum absolute atomic E-state index is 12.7. The SMILES string of the molecule is Cc1ccc(-c2cn3c(C(=O)Nc4cc(Cl)cc(Cl)c4)csc3n2)cc1. The first-order valence-electron chi connectivity index (χ1n) is 7.81. The molecular weight excluding hydrogens is 389 g/mol. The molecule has 2 aromatic heterocycles. The lowest BCUT2D eigenvalue weighted by molar-refractivity contribution is 0.102. The van der Waals surface area contributed by atoms with Gasteiger partial charge in [0.2, 0.25) is 0 Å². The number of hydrogen-bond acceptors (Lipinski definition) is 3. The van der Waals surface area contributed by atoms with E-state index in [9.17, 15) is 4.79 Å². The molecule has 4 rings (SSSR count). The van der Waals surface area contributed by atoms with Gasteiger partial charge in [-0.15, -0.1) is 11.3 Å². The number of halogens is 2. The number of nitrogens with one attached hydrogen (secondary N) is 1. The van der Waals surface area contributed by atoms with Gasteiger partial charge in [0, 0.05) is 32.9 Å². The zero-order valence-electron chi connectivity index (χ0n) is 13.7. The molecule has 130 valence electrons. The second-order valence-corrected chi connectivity index (χ2v) is 7.59. The van der Waals surface area contributed by atoms with Crippen LogP contribution in [0.4, 0.5) is 5.69 Å². The molecule has 2 heterocycles. The fourth-order valence-corrected chi connectivity index (χ4v) is 4.01. The molecule has 0 unspecified atom stereocenters. The van der Waals surface area contributed by atoms with E-state index in [0.717, 1.165) is 16.2 Å². The summed E-state index contributed by atoms with van der Waals surface area (Å²) in [6.07, 6.45) is 1.87. The largest absolute Gasteiger partial charge is 0.321 e. The fraction of sp³-hybridized carbons (Fsp3) is 0.0526. The molecule has 0 saturated heterocycles. The van der Waals surface area contributed by atoms with Crippen molar-refractivity contribution in [2.24, 2.45) is 0 Å². The highest BCUT2D eigenvalue weighted by Gasteiger charge is 2.16. The first-order chi connectivity index (χ1) is 12.5. The minimum absolute atomic E-state index is 0.248. The van der Waals surface area contributed by atoms with Gasteiger partial charge >= 0.3 is 0 Å². The van der Waals surface area contributed by atoms with Gasteiger partial charge in [0.1, 0.15) is 5.69 Å². The molecule has 1 amide bonds. The summed E-state index contributed by atoms with van der Waals surface area (Å²) >= 11 is 13.4. The Morgan fingerprint density at radius 1 is 1.12 bits per heavy atom. The van der Waals surface area contributed by atoms with Gasteiger partial charge < -0.3 is 5.32 Å². The van der Waals surface area contributed by atoms with E-state index in [0.29, 0.717) is 21.4 Å². The Bertz CT molecular complexity index is 1100. The lowest BCUT2D eigenvalue weighted by Crippen LogP contribution is -2.13. The Kier molecular flexibility index (Phi) is 4.44. The van der Waals surface area contributed by atoms with Crippen molar-refractivity contribution in [2.45, 2.75) is 6.92 Å². The van der Waals surface area contributed by atoms with Crippen molar-refractivity contribution in [2.75, 3.05) is 5.32 Å². The molecular formula is C19H13Cl2N3OS. The number of carbonyl (C=O) groups is 1. The number of aromatic nitrogens is 2. The number of hydrogen-bond donors (Lipinski definition) is 1. The third-order valence-corrected chi connectivity index (χ3v) is 5.19. The second kappa shape index (κ2) is 6.76. The summed E-state index contributed by atoms with van der Waals surface area (Å²) in [6.45, 7) is 2.04. The van der Waals surface area contributed by atoms with Gasteiger partial charge in [0.05, 0.1) is 5.69 Å². The Morgan fingerprint density at radius 2 is 1.81 bits per heavy atom. The Morgan fingerprint density at radius 3 is 2.50 bits per heavy atom. The van der Waals surface area contributed by atoms with E-state index in [-0.39, 0.29) is 5.91 Å². The molecule has 0 aliphatic carbocycles. The summed E-state index contributed by atoms with van der Waals surface area (Å²) in [7, 11) is 0. The van der Waals surface area contributed by atoms with Crippen LogP contribution in [0.25, 0.3) is 16.2 Å². The predicted molar refractivity (Wildman–Crippen MR) is 108 cm³/mol. The third kappa shape index (κ3) is 3.33. The van der Waals surface area contributed by atoms with Crippen molar-refractivity contribution in [1.29, 1.82) is 0 Å². The number of rotatable bonds is 3. The van der Waals surface area contributed by atoms with Crippen LogP contribution >= 0.6 is 34.5 Å². The zero-order chi connectivity index (χ0) is 18.3. The number of fused-ring (bicyclic) bond motifs is 1. The van der Waals surface area contributed by atoms with Crippen LogP contribution in [0.5, 0.6) is 0 Å². The normalized spacial score (nSPS) is 11.0. The quantitative estimate of drug-likeness (QED) is 0.462. The van der Waals surface area contributed by atoms with E-state index < -0.39 is 0 Å². The molecule has 0 aliphatic heterocycles. The van der Waals surface area contributed by atoms with E-state index in [4.69, 9.17) is 23.2 Å². The van der Waals surface area contributed by atoms with Gasteiger partial charge in [0.25, 0.3) is 5.91 Å². The number of benzene rings is 2. The summed E-state index contributed by atoms with van der Waals surface area (Å²) in [5.74, 6) is -0.248. The molecule has 0 atom stereocenters. The monoisotopic (exact) mass is 401 g/mol. The second-order valence-electron chi connectivity index (χ2n) is 5.88. The predicted octanol–water partition coefficient (Wildman–Crippen LogP) is 5.93. The lowest BCUT2D eigenvalue weighted by atomic mass is 10.1. The van der Waals surface area contributed by atoms with Gasteiger partial charge in [-0.1, -0.05) is 53.0 Å². The van der Waals surface area contributed by atoms with Crippen molar-refractivity contribution in [3.05, 3.63) is 75.3 Å². The first-order valence-corrected chi connectivity index (χ1v) is 9.44. The van der Waals surface area contributed by atoms with Crippen LogP contribution in [0.1, 0.15) is 16.1 Å². The molecule has 4 nitrogen and oxygen atoms in total. The molecule has 7 heteroatoms. The highest BCUT2D eigenvalue weighted by Crippen LogP contribution is 2.26. The maximum Gasteiger partial charge on any atom is 0.273 e. The number of anilines is 1. The first kappa shape index (κ1) is 17.1. The van der Waals surface area contributed by atoms with Crippen molar-refractivity contribution >= 4 is 51.1 Å². The Balaban J connectivity index is 1.66. The summed E-state index contributed by atoms with van der Waals surface area (Å²) in [4.78, 5) is 18.0. The van der Waals surface area contributed by atoms with Crippen LogP contribution in [-0.4, -0.2) is 15.3 Å². The Hall–Kier alpha value is -2.34. The van der Waals surface area contributed by atoms with Crippen LogP contribution in [0.3, 0.4) is 0 Å². The lowest BCUT2D eigenvalue weighted by Gasteiger charge is -2.05. The van der Waals surface area contributed by atoms with Gasteiger partial charge in [-0.3, -0.25) is 9.20 Å². The smallest absolute Gasteiger partial charge is 0.273 e. The van der Waals surface area contributed by atoms with Gasteiger partial charge in [-0.25, -0.2) is 4.98 Å². The van der Waals surface area contributed by atoms with E-state index in [1.165, 1.54) is 16.9 Å². The standard InChI is InChI=1S/C19H13Cl2N3OS/c1-11-2-4-12(5-3-11)16-9-24-17(10-26-19(24)23-16)18(25)22-15-7-13(20)6-14(21)8-15/h2-10H,1H3,(H,22,25). The van der Waals surface area contributed by atoms with Crippen LogP contribution in [0.15, 0.2) is 54.0 Å². The summed E-state index contributed by atoms with van der Waals surface area (Å²) in [5, 5.41) is 5.54. The number of amides is 1. The topological polar surface area (TPSA) is 46.4 Å². The maximum atomic E-state index is 12.7. The molecule has 0 bridgehead atoms. The molecule has 0 radical (unpaired) electrons. The molecule has 1 N–H and O–H groups in total. The fourth-order valence-electron chi connectivity index (χ4n) is 2.63. The van der Waals surface area contributed by atoms with Crippen LogP contribution in [0, 0.1) is 6.92 Å². The number of aryl methyl sites for hydroxylation is 1. The molecule has 0 spiro atoms. The van der Waals surface area contributed by atoms with Crippen molar-refractivity contribution in [3.8, 4) is 11.3 Å². The number of imidazole rings is 1. The van der Waals surface area contributed by atoms with E-state index in [1.54, 1.807) is 28.0 Å². The highest BCUT2D eigenvalue weighted by molar-refractivity contribution is 7.15. The summed E-state index contributed by atoms with van der Waals surface area (Å²) < 4.78 is 1.79. The van der Waals surface area contributed by atoms with Crippen molar-refractivity contribution in [3.63, 3.8) is 0 Å². The van der Waals surface area contributed by atoms with Crippen LogP contribution in [-0.2, 0) is 0 Å². The number of thiazole rings is 1. The molecule has 0 fully saturated rings. The van der Waals surface area contributed by atoms with Gasteiger partial charge in [-0.05, 0) is 25.1 Å². The van der Waals surface area contributed by atoms with Gasteiger partial charge in [-0.2, -0.15) is 0 Å². The molecule has 4 aromatic rings. The number of nitrogens with zero attached hydrogens (tertiary/aromatic N) is 2. The summed E-state index contributed by atoms with van der Waals surface area (Å²) in [6, 6.07) is 13.1. The van der Waals surface area contributed by atoms with E-state index >= 15 is 0 Å². The minimum Gasteiger partial charge on any atom is -0.321 e. The van der Waals surface area contributed by atoms with E-state index in [1.807, 2.05) is 37.4 Å². The van der Waals surface area contributed by atoms with Crippen molar-refractivity contribution in [1.82, 2.24) is 9.38 Å². The Labute approximate surface area is 164 Å². The van der Waals surface area contributed by atoms with Crippen molar-refractivity contribution < 1.29 is 4.79 Å². The van der Waals surface area contributed by atoms with E-state index in [2.05, 4.69) is 10.3 Å². The highest BCUT2D eigenvalue weighted by atomic mass is 35.5. The molecule has 2 aromatic carbocycles.